The maximum absolute atomic E-state index is 12.0. The number of hydrogen-bond acceptors (Lipinski definition) is 5. The van der Waals surface area contributed by atoms with Gasteiger partial charge in [-0.05, 0) is 26.8 Å². The van der Waals surface area contributed by atoms with Crippen molar-refractivity contribution in [3.05, 3.63) is 28.7 Å². The van der Waals surface area contributed by atoms with E-state index in [-0.39, 0.29) is 11.7 Å². The molecule has 7 nitrogen and oxygen atoms in total. The second-order valence-electron chi connectivity index (χ2n) is 6.80. The molecule has 23 heavy (non-hydrogen) atoms. The molecule has 1 fully saturated rings. The van der Waals surface area contributed by atoms with Gasteiger partial charge in [-0.25, -0.2) is 4.79 Å². The Morgan fingerprint density at radius 3 is 2.43 bits per heavy atom. The molecule has 2 heterocycles. The minimum Gasteiger partial charge on any atom is -0.444 e. The number of carbonyl (C=O) groups is 1. The molecule has 0 spiro atoms. The lowest BCUT2D eigenvalue weighted by molar-refractivity contribution is 0.0143. The van der Waals surface area contributed by atoms with Crippen LogP contribution in [0.15, 0.2) is 23.1 Å². The molecule has 0 aromatic carbocycles. The molecule has 2 rings (SSSR count). The third-order valence-electron chi connectivity index (χ3n) is 3.69. The minimum absolute atomic E-state index is 0.0495. The predicted molar refractivity (Wildman–Crippen MR) is 89.4 cm³/mol. The van der Waals surface area contributed by atoms with Gasteiger partial charge in [-0.3, -0.25) is 9.69 Å². The van der Waals surface area contributed by atoms with Crippen LogP contribution in [0, 0.1) is 0 Å². The van der Waals surface area contributed by atoms with Crippen LogP contribution in [0.2, 0.25) is 0 Å². The van der Waals surface area contributed by atoms with Crippen LogP contribution < -0.4 is 11.3 Å². The molecule has 0 saturated carbocycles. The van der Waals surface area contributed by atoms with Crippen molar-refractivity contribution < 1.29 is 9.53 Å². The highest BCUT2D eigenvalue weighted by atomic mass is 16.6. The number of pyridine rings is 1. The molecule has 1 amide bonds. The summed E-state index contributed by atoms with van der Waals surface area (Å²) in [5, 5.41) is 0. The fraction of sp³-hybridized carbons (Fsp3) is 0.625. The van der Waals surface area contributed by atoms with Gasteiger partial charge in [0.2, 0.25) is 0 Å². The van der Waals surface area contributed by atoms with Gasteiger partial charge in [0.25, 0.3) is 5.56 Å². The normalized spacial score (nSPS) is 16.4. The second-order valence-corrected chi connectivity index (χ2v) is 6.80. The highest BCUT2D eigenvalue weighted by Gasteiger charge is 2.25. The first-order valence-electron chi connectivity index (χ1n) is 7.91. The van der Waals surface area contributed by atoms with Crippen LogP contribution in [0.3, 0.4) is 0 Å². The van der Waals surface area contributed by atoms with Gasteiger partial charge < -0.3 is 19.9 Å². The van der Waals surface area contributed by atoms with E-state index < -0.39 is 5.60 Å². The zero-order valence-corrected chi connectivity index (χ0v) is 14.1. The van der Waals surface area contributed by atoms with Crippen molar-refractivity contribution in [1.82, 2.24) is 14.4 Å². The summed E-state index contributed by atoms with van der Waals surface area (Å²) in [5.41, 5.74) is 5.77. The fourth-order valence-electron chi connectivity index (χ4n) is 2.45. The standard InChI is InChI=1S/C16H26N4O3/c1-16(2,3)23-15(22)19-9-6-18(7-10-19)8-11-20-12-13(17)4-5-14(20)21/h4-5,12H,6-11,17H2,1-3H3. The van der Waals surface area contributed by atoms with E-state index >= 15 is 0 Å². The average Bonchev–Trinajstić information content (AvgIpc) is 2.47. The van der Waals surface area contributed by atoms with E-state index in [1.807, 2.05) is 20.8 Å². The van der Waals surface area contributed by atoms with E-state index in [1.54, 1.807) is 21.7 Å². The van der Waals surface area contributed by atoms with Crippen LogP contribution in [-0.2, 0) is 11.3 Å². The van der Waals surface area contributed by atoms with Crippen molar-refractivity contribution in [2.75, 3.05) is 38.5 Å². The maximum atomic E-state index is 12.0. The number of amides is 1. The molecule has 0 radical (unpaired) electrons. The van der Waals surface area contributed by atoms with Crippen molar-refractivity contribution >= 4 is 11.8 Å². The van der Waals surface area contributed by atoms with Gasteiger partial charge in [-0.2, -0.15) is 0 Å². The first-order chi connectivity index (χ1) is 10.7. The summed E-state index contributed by atoms with van der Waals surface area (Å²) in [7, 11) is 0. The summed E-state index contributed by atoms with van der Waals surface area (Å²) in [6, 6.07) is 3.09. The quantitative estimate of drug-likeness (QED) is 0.897. The maximum Gasteiger partial charge on any atom is 0.410 e. The molecule has 0 unspecified atom stereocenters. The molecule has 128 valence electrons. The van der Waals surface area contributed by atoms with Crippen molar-refractivity contribution in [1.29, 1.82) is 0 Å². The van der Waals surface area contributed by atoms with Crippen LogP contribution in [0.25, 0.3) is 0 Å². The Morgan fingerprint density at radius 1 is 1.17 bits per heavy atom. The summed E-state index contributed by atoms with van der Waals surface area (Å²) in [4.78, 5) is 27.7. The zero-order valence-electron chi connectivity index (χ0n) is 14.1. The van der Waals surface area contributed by atoms with Crippen molar-refractivity contribution in [2.24, 2.45) is 0 Å². The molecule has 1 aromatic rings. The summed E-state index contributed by atoms with van der Waals surface area (Å²) in [6.07, 6.45) is 1.41. The average molecular weight is 322 g/mol. The first kappa shape index (κ1) is 17.3. The Kier molecular flexibility index (Phi) is 5.30. The van der Waals surface area contributed by atoms with Gasteiger partial charge in [-0.1, -0.05) is 0 Å². The Labute approximate surface area is 136 Å². The number of nitrogen functional groups attached to an aromatic ring is 1. The van der Waals surface area contributed by atoms with Crippen molar-refractivity contribution in [3.8, 4) is 0 Å². The van der Waals surface area contributed by atoms with E-state index in [0.717, 1.165) is 19.6 Å². The molecule has 0 bridgehead atoms. The highest BCUT2D eigenvalue weighted by Crippen LogP contribution is 2.11. The molecule has 1 saturated heterocycles. The third-order valence-corrected chi connectivity index (χ3v) is 3.69. The number of ether oxygens (including phenoxy) is 1. The highest BCUT2D eigenvalue weighted by molar-refractivity contribution is 5.68. The molecule has 1 aliphatic rings. The summed E-state index contributed by atoms with van der Waals surface area (Å²) < 4.78 is 7.00. The third kappa shape index (κ3) is 5.28. The number of nitrogens with zero attached hydrogens (tertiary/aromatic N) is 3. The van der Waals surface area contributed by atoms with Gasteiger partial charge in [0.1, 0.15) is 5.60 Å². The Morgan fingerprint density at radius 2 is 1.83 bits per heavy atom. The molecular formula is C16H26N4O3. The van der Waals surface area contributed by atoms with Crippen LogP contribution in [0.4, 0.5) is 10.5 Å². The van der Waals surface area contributed by atoms with E-state index in [0.29, 0.717) is 25.3 Å². The van der Waals surface area contributed by atoms with Gasteiger partial charge in [0.15, 0.2) is 0 Å². The summed E-state index contributed by atoms with van der Waals surface area (Å²) in [6.45, 7) is 9.77. The number of rotatable bonds is 3. The number of carbonyl (C=O) groups excluding carboxylic acids is 1. The first-order valence-corrected chi connectivity index (χ1v) is 7.91. The van der Waals surface area contributed by atoms with E-state index in [2.05, 4.69) is 4.90 Å². The minimum atomic E-state index is -0.470. The molecule has 7 heteroatoms. The largest absolute Gasteiger partial charge is 0.444 e. The van der Waals surface area contributed by atoms with Crippen molar-refractivity contribution in [2.45, 2.75) is 32.9 Å². The Hall–Kier alpha value is -2.02. The lowest BCUT2D eigenvalue weighted by atomic mass is 10.2. The zero-order chi connectivity index (χ0) is 17.0. The molecule has 0 aliphatic carbocycles. The Balaban J connectivity index is 1.80. The van der Waals surface area contributed by atoms with Gasteiger partial charge in [0.05, 0.1) is 0 Å². The number of hydrogen-bond donors (Lipinski definition) is 1. The molecule has 1 aromatic heterocycles. The Bertz CT molecular complexity index is 598. The lowest BCUT2D eigenvalue weighted by Crippen LogP contribution is -2.50. The molecule has 1 aliphatic heterocycles. The lowest BCUT2D eigenvalue weighted by Gasteiger charge is -2.35. The van der Waals surface area contributed by atoms with Gasteiger partial charge >= 0.3 is 6.09 Å². The van der Waals surface area contributed by atoms with E-state index in [1.165, 1.54) is 6.07 Å². The monoisotopic (exact) mass is 322 g/mol. The predicted octanol–water partition coefficient (Wildman–Crippen LogP) is 0.983. The van der Waals surface area contributed by atoms with Crippen molar-refractivity contribution in [3.63, 3.8) is 0 Å². The smallest absolute Gasteiger partial charge is 0.410 e. The molecular weight excluding hydrogens is 296 g/mol. The summed E-state index contributed by atoms with van der Waals surface area (Å²) in [5.74, 6) is 0. The van der Waals surface area contributed by atoms with E-state index in [9.17, 15) is 9.59 Å². The van der Waals surface area contributed by atoms with Crippen LogP contribution >= 0.6 is 0 Å². The SMILES string of the molecule is CC(C)(C)OC(=O)N1CCN(CCn2cc(N)ccc2=O)CC1. The van der Waals surface area contributed by atoms with Gasteiger partial charge in [0, 0.05) is 57.2 Å². The number of anilines is 1. The molecule has 2 N–H and O–H groups in total. The number of nitrogens with two attached hydrogens (primary N) is 1. The topological polar surface area (TPSA) is 80.8 Å². The summed E-state index contributed by atoms with van der Waals surface area (Å²) >= 11 is 0. The molecule has 0 atom stereocenters. The number of aromatic nitrogens is 1. The second kappa shape index (κ2) is 7.04. The fourth-order valence-corrected chi connectivity index (χ4v) is 2.45. The van der Waals surface area contributed by atoms with E-state index in [4.69, 9.17) is 10.5 Å². The number of piperazine rings is 1. The van der Waals surface area contributed by atoms with Crippen LogP contribution in [0.5, 0.6) is 0 Å². The van der Waals surface area contributed by atoms with Crippen LogP contribution in [0.1, 0.15) is 20.8 Å². The van der Waals surface area contributed by atoms with Gasteiger partial charge in [-0.15, -0.1) is 0 Å². The van der Waals surface area contributed by atoms with Crippen LogP contribution in [-0.4, -0.2) is 58.8 Å².